The van der Waals surface area contributed by atoms with E-state index in [1.807, 2.05) is 22.4 Å². The van der Waals surface area contributed by atoms with Crippen molar-refractivity contribution in [1.29, 1.82) is 0 Å². The van der Waals surface area contributed by atoms with E-state index in [2.05, 4.69) is 6.58 Å². The maximum absolute atomic E-state index is 13.5. The maximum Gasteiger partial charge on any atom is 0.264 e. The quantitative estimate of drug-likeness (QED) is 0.399. The molecule has 1 atom stereocenters. The minimum Gasteiger partial charge on any atom is -0.331 e. The lowest BCUT2D eigenvalue weighted by molar-refractivity contribution is 0.0737. The van der Waals surface area contributed by atoms with Gasteiger partial charge in [0.1, 0.15) is 0 Å². The second kappa shape index (κ2) is 9.48. The summed E-state index contributed by atoms with van der Waals surface area (Å²) in [5.74, 6) is -0.161. The van der Waals surface area contributed by atoms with Crippen molar-refractivity contribution < 1.29 is 13.2 Å². The molecule has 0 aliphatic carbocycles. The molecule has 1 saturated heterocycles. The first-order valence-corrected chi connectivity index (χ1v) is 13.0. The fraction of sp³-hybridized carbons (Fsp3) is 0.208. The van der Waals surface area contributed by atoms with Gasteiger partial charge in [0.2, 0.25) is 0 Å². The first kappa shape index (κ1) is 22.6. The van der Waals surface area contributed by atoms with Gasteiger partial charge < -0.3 is 4.90 Å². The Hall–Kier alpha value is -2.61. The molecule has 0 bridgehead atoms. The highest BCUT2D eigenvalue weighted by Gasteiger charge is 2.32. The Kier molecular flexibility index (Phi) is 6.69. The average Bonchev–Trinajstić information content (AvgIpc) is 3.49. The van der Waals surface area contributed by atoms with Crippen molar-refractivity contribution in [3.8, 4) is 0 Å². The van der Waals surface area contributed by atoms with Gasteiger partial charge in [-0.1, -0.05) is 41.9 Å². The highest BCUT2D eigenvalue weighted by atomic mass is 35.5. The monoisotopic (exact) mass is 486 g/mol. The molecule has 1 aliphatic heterocycles. The van der Waals surface area contributed by atoms with E-state index in [0.29, 0.717) is 22.8 Å². The molecule has 166 valence electrons. The van der Waals surface area contributed by atoms with Gasteiger partial charge in [-0.05, 0) is 54.6 Å². The highest BCUT2D eigenvalue weighted by molar-refractivity contribution is 7.92. The van der Waals surface area contributed by atoms with E-state index in [1.54, 1.807) is 47.7 Å². The van der Waals surface area contributed by atoms with Crippen molar-refractivity contribution in [3.05, 3.63) is 94.2 Å². The number of thiophene rings is 1. The number of hydrogen-bond donors (Lipinski definition) is 0. The largest absolute Gasteiger partial charge is 0.331 e. The molecule has 3 aromatic rings. The molecular weight excluding hydrogens is 464 g/mol. The summed E-state index contributed by atoms with van der Waals surface area (Å²) in [7, 11) is -3.97. The summed E-state index contributed by atoms with van der Waals surface area (Å²) >= 11 is 7.91. The van der Waals surface area contributed by atoms with Crippen LogP contribution in [0.15, 0.2) is 83.6 Å². The van der Waals surface area contributed by atoms with E-state index in [0.717, 1.165) is 17.7 Å². The standard InChI is InChI=1S/C24H23ClN2O3S2/c1-2-14-27(21-11-4-3-10-20(21)25)32(29,30)19-9-5-8-18(17-19)24(28)26-15-6-12-22(26)23-13-7-16-31-23/h2-5,7-11,13,16-17,22H,1,6,12,14-15H2. The summed E-state index contributed by atoms with van der Waals surface area (Å²) in [6.07, 6.45) is 3.33. The molecule has 5 nitrogen and oxygen atoms in total. The predicted octanol–water partition coefficient (Wildman–Crippen LogP) is 5.76. The molecule has 8 heteroatoms. The van der Waals surface area contributed by atoms with Crippen molar-refractivity contribution in [3.63, 3.8) is 0 Å². The van der Waals surface area contributed by atoms with Crippen LogP contribution in [-0.2, 0) is 10.0 Å². The number of amides is 1. The number of carbonyl (C=O) groups is 1. The van der Waals surface area contributed by atoms with Crippen molar-refractivity contribution >= 4 is 44.6 Å². The number of benzene rings is 2. The summed E-state index contributed by atoms with van der Waals surface area (Å²) in [5, 5.41) is 2.33. The number of nitrogens with zero attached hydrogens (tertiary/aromatic N) is 2. The predicted molar refractivity (Wildman–Crippen MR) is 130 cm³/mol. The van der Waals surface area contributed by atoms with Crippen LogP contribution >= 0.6 is 22.9 Å². The Bertz CT molecular complexity index is 1230. The molecule has 0 radical (unpaired) electrons. The molecule has 2 aromatic carbocycles. The lowest BCUT2D eigenvalue weighted by atomic mass is 10.1. The average molecular weight is 487 g/mol. The lowest BCUT2D eigenvalue weighted by Gasteiger charge is -2.26. The second-order valence-corrected chi connectivity index (χ2v) is 10.7. The van der Waals surface area contributed by atoms with Gasteiger partial charge in [-0.25, -0.2) is 8.42 Å². The van der Waals surface area contributed by atoms with Gasteiger partial charge in [0, 0.05) is 17.0 Å². The molecule has 1 unspecified atom stereocenters. The van der Waals surface area contributed by atoms with Crippen LogP contribution in [0.4, 0.5) is 5.69 Å². The van der Waals surface area contributed by atoms with Crippen LogP contribution in [0, 0.1) is 0 Å². The first-order chi connectivity index (χ1) is 15.4. The van der Waals surface area contributed by atoms with Crippen molar-refractivity contribution in [2.75, 3.05) is 17.4 Å². The number of likely N-dealkylation sites (tertiary alicyclic amines) is 1. The molecule has 1 aromatic heterocycles. The minimum atomic E-state index is -3.97. The van der Waals surface area contributed by atoms with Crippen molar-refractivity contribution in [2.45, 2.75) is 23.8 Å². The summed E-state index contributed by atoms with van der Waals surface area (Å²) in [4.78, 5) is 16.4. The Morgan fingerprint density at radius 3 is 2.72 bits per heavy atom. The number of hydrogen-bond acceptors (Lipinski definition) is 4. The van der Waals surface area contributed by atoms with Gasteiger partial charge in [-0.3, -0.25) is 9.10 Å². The first-order valence-electron chi connectivity index (χ1n) is 10.3. The number of halogens is 1. The number of carbonyl (C=O) groups excluding carboxylic acids is 1. The minimum absolute atomic E-state index is 0.0307. The summed E-state index contributed by atoms with van der Waals surface area (Å²) in [6, 6.07) is 17.0. The van der Waals surface area contributed by atoms with Crippen LogP contribution in [0.5, 0.6) is 0 Å². The van der Waals surface area contributed by atoms with Crippen molar-refractivity contribution in [2.24, 2.45) is 0 Å². The van der Waals surface area contributed by atoms with Crippen LogP contribution in [0.2, 0.25) is 5.02 Å². The molecule has 4 rings (SSSR count). The Labute approximate surface area is 197 Å². The van der Waals surface area contributed by atoms with Gasteiger partial charge in [-0.2, -0.15) is 0 Å². The molecule has 32 heavy (non-hydrogen) atoms. The highest BCUT2D eigenvalue weighted by Crippen LogP contribution is 2.36. The summed E-state index contributed by atoms with van der Waals surface area (Å²) in [5.41, 5.74) is 0.718. The van der Waals surface area contributed by atoms with E-state index in [-0.39, 0.29) is 23.4 Å². The molecule has 1 aliphatic rings. The van der Waals surface area contributed by atoms with Crippen LogP contribution in [-0.4, -0.2) is 32.3 Å². The van der Waals surface area contributed by atoms with Gasteiger partial charge in [0.25, 0.3) is 15.9 Å². The van der Waals surface area contributed by atoms with Crippen LogP contribution in [0.3, 0.4) is 0 Å². The number of para-hydroxylation sites is 1. The summed E-state index contributed by atoms with van der Waals surface area (Å²) < 4.78 is 28.2. The number of sulfonamides is 1. The smallest absolute Gasteiger partial charge is 0.264 e. The van der Waals surface area contributed by atoms with Gasteiger partial charge in [0.15, 0.2) is 0 Å². The van der Waals surface area contributed by atoms with E-state index in [4.69, 9.17) is 11.6 Å². The zero-order chi connectivity index (χ0) is 22.7. The SMILES string of the molecule is C=CCN(c1ccccc1Cl)S(=O)(=O)c1cccc(C(=O)N2CCCC2c2cccs2)c1. The van der Waals surface area contributed by atoms with Crippen molar-refractivity contribution in [1.82, 2.24) is 4.90 Å². The van der Waals surface area contributed by atoms with E-state index in [9.17, 15) is 13.2 Å². The molecule has 1 fully saturated rings. The molecular formula is C24H23ClN2O3S2. The Morgan fingerprint density at radius 2 is 2.00 bits per heavy atom. The third-order valence-corrected chi connectivity index (χ3v) is 8.54. The molecule has 2 heterocycles. The van der Waals surface area contributed by atoms with Gasteiger partial charge in [0.05, 0.1) is 28.2 Å². The third kappa shape index (κ3) is 4.33. The van der Waals surface area contributed by atoms with E-state index < -0.39 is 10.0 Å². The molecule has 1 amide bonds. The fourth-order valence-electron chi connectivity index (χ4n) is 3.97. The third-order valence-electron chi connectivity index (χ3n) is 5.47. The number of rotatable bonds is 7. The normalized spacial score (nSPS) is 16.2. The molecule has 0 saturated carbocycles. The maximum atomic E-state index is 13.5. The van der Waals surface area contributed by atoms with E-state index >= 15 is 0 Å². The molecule has 0 N–H and O–H groups in total. The summed E-state index contributed by atoms with van der Waals surface area (Å²) in [6.45, 7) is 4.39. The van der Waals surface area contributed by atoms with Crippen LogP contribution in [0.25, 0.3) is 0 Å². The fourth-order valence-corrected chi connectivity index (χ4v) is 6.63. The zero-order valence-corrected chi connectivity index (χ0v) is 19.7. The second-order valence-electron chi connectivity index (χ2n) is 7.48. The Balaban J connectivity index is 1.68. The zero-order valence-electron chi connectivity index (χ0n) is 17.4. The van der Waals surface area contributed by atoms with Crippen LogP contribution in [0.1, 0.15) is 34.1 Å². The number of anilines is 1. The van der Waals surface area contributed by atoms with Gasteiger partial charge >= 0.3 is 0 Å². The van der Waals surface area contributed by atoms with E-state index in [1.165, 1.54) is 22.5 Å². The Morgan fingerprint density at radius 1 is 1.19 bits per heavy atom. The molecule has 0 spiro atoms. The van der Waals surface area contributed by atoms with Gasteiger partial charge in [-0.15, -0.1) is 17.9 Å². The lowest BCUT2D eigenvalue weighted by Crippen LogP contribution is -2.32. The van der Waals surface area contributed by atoms with Crippen LogP contribution < -0.4 is 4.31 Å². The topological polar surface area (TPSA) is 57.7 Å².